The molecular formula is C12H16N6O2. The second-order valence-corrected chi connectivity index (χ2v) is 4.26. The van der Waals surface area contributed by atoms with Gasteiger partial charge in [-0.2, -0.15) is 0 Å². The first-order valence-corrected chi connectivity index (χ1v) is 5.97. The number of hydrogen-bond acceptors (Lipinski definition) is 7. The van der Waals surface area contributed by atoms with Gasteiger partial charge in [-0.05, 0) is 13.8 Å². The number of rotatable bonds is 4. The molecule has 2 aromatic heterocycles. The zero-order chi connectivity index (χ0) is 14.7. The minimum atomic E-state index is -0.221. The van der Waals surface area contributed by atoms with Crippen LogP contribution in [0.15, 0.2) is 16.9 Å². The maximum atomic E-state index is 12.0. The van der Waals surface area contributed by atoms with E-state index in [4.69, 9.17) is 10.6 Å². The maximum absolute atomic E-state index is 12.0. The fraction of sp³-hybridized carbons (Fsp3) is 0.333. The van der Waals surface area contributed by atoms with E-state index in [1.54, 1.807) is 13.0 Å². The number of nitrogens with two attached hydrogens (primary N) is 1. The third-order valence-corrected chi connectivity index (χ3v) is 2.63. The second-order valence-electron chi connectivity index (χ2n) is 4.26. The van der Waals surface area contributed by atoms with Gasteiger partial charge in [-0.25, -0.2) is 20.8 Å². The predicted octanol–water partition coefficient (Wildman–Crippen LogP) is -0.00736. The van der Waals surface area contributed by atoms with Gasteiger partial charge < -0.3 is 10.2 Å². The Morgan fingerprint density at radius 1 is 1.25 bits per heavy atom. The van der Waals surface area contributed by atoms with Gasteiger partial charge in [0, 0.05) is 23.5 Å². The SMILES string of the molecule is COc1nc(C)cc(=O)n1Cc1nc(C)cc(NN)n1. The normalized spacial score (nSPS) is 10.4. The van der Waals surface area contributed by atoms with Gasteiger partial charge in [0.1, 0.15) is 5.82 Å². The molecule has 0 aliphatic rings. The van der Waals surface area contributed by atoms with Crippen molar-refractivity contribution in [3.05, 3.63) is 39.7 Å². The van der Waals surface area contributed by atoms with E-state index in [0.29, 0.717) is 17.3 Å². The van der Waals surface area contributed by atoms with Gasteiger partial charge >= 0.3 is 0 Å². The Kier molecular flexibility index (Phi) is 3.94. The third-order valence-electron chi connectivity index (χ3n) is 2.63. The monoisotopic (exact) mass is 276 g/mol. The molecule has 8 nitrogen and oxygen atoms in total. The molecule has 3 N–H and O–H groups in total. The van der Waals surface area contributed by atoms with Gasteiger partial charge in [-0.3, -0.25) is 9.36 Å². The number of aromatic nitrogens is 4. The number of nitrogens with one attached hydrogen (secondary N) is 1. The van der Waals surface area contributed by atoms with Crippen molar-refractivity contribution in [3.8, 4) is 6.01 Å². The Balaban J connectivity index is 2.44. The molecule has 0 spiro atoms. The highest BCUT2D eigenvalue weighted by Crippen LogP contribution is 2.09. The molecule has 2 rings (SSSR count). The molecule has 20 heavy (non-hydrogen) atoms. The Bertz CT molecular complexity index is 682. The standard InChI is InChI=1S/C12H16N6O2/c1-7-4-9(17-13)16-10(14-7)6-18-11(19)5-8(2)15-12(18)20-3/h4-5H,6,13H2,1-3H3,(H,14,16,17). The molecule has 0 radical (unpaired) electrons. The fourth-order valence-electron chi connectivity index (χ4n) is 1.81. The molecule has 0 amide bonds. The summed E-state index contributed by atoms with van der Waals surface area (Å²) in [4.78, 5) is 24.6. The highest BCUT2D eigenvalue weighted by atomic mass is 16.5. The highest BCUT2D eigenvalue weighted by molar-refractivity contribution is 5.34. The minimum absolute atomic E-state index is 0.158. The van der Waals surface area contributed by atoms with Crippen molar-refractivity contribution in [1.29, 1.82) is 0 Å². The lowest BCUT2D eigenvalue weighted by atomic mass is 10.4. The van der Waals surface area contributed by atoms with E-state index in [1.165, 1.54) is 17.7 Å². The van der Waals surface area contributed by atoms with Crippen molar-refractivity contribution in [2.24, 2.45) is 5.84 Å². The Morgan fingerprint density at radius 2 is 1.95 bits per heavy atom. The molecular weight excluding hydrogens is 260 g/mol. The summed E-state index contributed by atoms with van der Waals surface area (Å²) >= 11 is 0. The summed E-state index contributed by atoms with van der Waals surface area (Å²) in [7, 11) is 1.46. The number of nitrogens with zero attached hydrogens (tertiary/aromatic N) is 4. The van der Waals surface area contributed by atoms with Gasteiger partial charge in [-0.1, -0.05) is 0 Å². The Morgan fingerprint density at radius 3 is 2.60 bits per heavy atom. The molecule has 0 saturated heterocycles. The van der Waals surface area contributed by atoms with Gasteiger partial charge in [0.2, 0.25) is 0 Å². The third kappa shape index (κ3) is 2.91. The number of hydrazine groups is 1. The summed E-state index contributed by atoms with van der Waals surface area (Å²) in [5.41, 5.74) is 3.58. The Hall–Kier alpha value is -2.48. The zero-order valence-corrected chi connectivity index (χ0v) is 11.5. The minimum Gasteiger partial charge on any atom is -0.468 e. The van der Waals surface area contributed by atoms with Gasteiger partial charge in [0.25, 0.3) is 11.6 Å². The predicted molar refractivity (Wildman–Crippen MR) is 73.5 cm³/mol. The molecule has 0 fully saturated rings. The second kappa shape index (κ2) is 5.66. The Labute approximate surface area is 115 Å². The summed E-state index contributed by atoms with van der Waals surface area (Å²) < 4.78 is 6.49. The van der Waals surface area contributed by atoms with Gasteiger partial charge in [0.15, 0.2) is 5.82 Å². The molecule has 106 valence electrons. The number of aryl methyl sites for hydroxylation is 2. The lowest BCUT2D eigenvalue weighted by molar-refractivity contribution is 0.348. The van der Waals surface area contributed by atoms with Crippen molar-refractivity contribution >= 4 is 5.82 Å². The molecule has 0 aliphatic carbocycles. The highest BCUT2D eigenvalue weighted by Gasteiger charge is 2.10. The van der Waals surface area contributed by atoms with Crippen LogP contribution < -0.4 is 21.6 Å². The summed E-state index contributed by atoms with van der Waals surface area (Å²) in [5.74, 6) is 6.27. The van der Waals surface area contributed by atoms with Crippen LogP contribution in [0.4, 0.5) is 5.82 Å². The van der Waals surface area contributed by atoms with E-state index in [1.807, 2.05) is 6.92 Å². The largest absolute Gasteiger partial charge is 0.468 e. The molecule has 8 heteroatoms. The van der Waals surface area contributed by atoms with Crippen LogP contribution in [0.25, 0.3) is 0 Å². The maximum Gasteiger partial charge on any atom is 0.299 e. The molecule has 0 aliphatic heterocycles. The fourth-order valence-corrected chi connectivity index (χ4v) is 1.81. The van der Waals surface area contributed by atoms with Crippen molar-refractivity contribution in [2.75, 3.05) is 12.5 Å². The molecule has 2 aromatic rings. The first kappa shape index (κ1) is 13.9. The number of anilines is 1. The van der Waals surface area contributed by atoms with Crippen LogP contribution in [-0.4, -0.2) is 26.6 Å². The van der Waals surface area contributed by atoms with Crippen molar-refractivity contribution in [3.63, 3.8) is 0 Å². The number of hydrogen-bond donors (Lipinski definition) is 2. The molecule has 2 heterocycles. The average molecular weight is 276 g/mol. The summed E-state index contributed by atoms with van der Waals surface area (Å²) in [6.45, 7) is 3.71. The number of nitrogen functional groups attached to an aromatic ring is 1. The van der Waals surface area contributed by atoms with E-state index in [0.717, 1.165) is 5.69 Å². The van der Waals surface area contributed by atoms with Crippen molar-refractivity contribution in [2.45, 2.75) is 20.4 Å². The van der Waals surface area contributed by atoms with Crippen LogP contribution >= 0.6 is 0 Å². The summed E-state index contributed by atoms with van der Waals surface area (Å²) in [5, 5.41) is 0. The number of methoxy groups -OCH3 is 1. The van der Waals surface area contributed by atoms with Gasteiger partial charge in [0.05, 0.1) is 13.7 Å². The van der Waals surface area contributed by atoms with Crippen LogP contribution in [0.1, 0.15) is 17.2 Å². The van der Waals surface area contributed by atoms with Crippen LogP contribution in [0.5, 0.6) is 6.01 Å². The topological polar surface area (TPSA) is 108 Å². The average Bonchev–Trinajstić information content (AvgIpc) is 2.40. The van der Waals surface area contributed by atoms with Crippen molar-refractivity contribution < 1.29 is 4.74 Å². The zero-order valence-electron chi connectivity index (χ0n) is 11.5. The first-order valence-electron chi connectivity index (χ1n) is 5.97. The lowest BCUT2D eigenvalue weighted by Crippen LogP contribution is -2.24. The molecule has 0 saturated carbocycles. The van der Waals surface area contributed by atoms with Crippen LogP contribution in [0.3, 0.4) is 0 Å². The molecule has 0 atom stereocenters. The van der Waals surface area contributed by atoms with E-state index in [2.05, 4.69) is 20.4 Å². The van der Waals surface area contributed by atoms with E-state index >= 15 is 0 Å². The quantitative estimate of drug-likeness (QED) is 0.597. The van der Waals surface area contributed by atoms with Crippen LogP contribution in [0.2, 0.25) is 0 Å². The summed E-state index contributed by atoms with van der Waals surface area (Å²) in [6, 6.07) is 3.36. The van der Waals surface area contributed by atoms with Crippen LogP contribution in [-0.2, 0) is 6.54 Å². The van der Waals surface area contributed by atoms with E-state index in [9.17, 15) is 4.79 Å². The van der Waals surface area contributed by atoms with Gasteiger partial charge in [-0.15, -0.1) is 0 Å². The lowest BCUT2D eigenvalue weighted by Gasteiger charge is -2.11. The number of ether oxygens (including phenoxy) is 1. The molecule has 0 aromatic carbocycles. The molecule has 0 bridgehead atoms. The smallest absolute Gasteiger partial charge is 0.299 e. The van der Waals surface area contributed by atoms with Crippen LogP contribution in [0, 0.1) is 13.8 Å². The molecule has 0 unspecified atom stereocenters. The first-order chi connectivity index (χ1) is 9.53. The van der Waals surface area contributed by atoms with E-state index < -0.39 is 0 Å². The van der Waals surface area contributed by atoms with E-state index in [-0.39, 0.29) is 18.1 Å². The van der Waals surface area contributed by atoms with Crippen molar-refractivity contribution in [1.82, 2.24) is 19.5 Å². The summed E-state index contributed by atoms with van der Waals surface area (Å²) in [6.07, 6.45) is 0.